The highest BCUT2D eigenvalue weighted by molar-refractivity contribution is 7.99. The summed E-state index contributed by atoms with van der Waals surface area (Å²) in [5.74, 6) is 2.13. The first-order chi connectivity index (χ1) is 10.6. The normalized spacial score (nSPS) is 24.0. The van der Waals surface area contributed by atoms with E-state index in [-0.39, 0.29) is 17.3 Å². The number of hydrogen-bond donors (Lipinski definition) is 1. The van der Waals surface area contributed by atoms with Crippen molar-refractivity contribution in [1.29, 1.82) is 0 Å². The Kier molecular flexibility index (Phi) is 4.97. The summed E-state index contributed by atoms with van der Waals surface area (Å²) in [6, 6.07) is 1.78. The number of aromatic nitrogens is 2. The largest absolute Gasteiger partial charge is 0.336 e. The first-order valence-corrected chi connectivity index (χ1v) is 8.75. The van der Waals surface area contributed by atoms with Crippen molar-refractivity contribution < 1.29 is 13.6 Å². The second-order valence-electron chi connectivity index (χ2n) is 5.71. The molecule has 3 rings (SSSR count). The number of alkyl halides is 2. The van der Waals surface area contributed by atoms with Crippen LogP contribution in [0, 0.1) is 0 Å². The minimum atomic E-state index is -2.63. The van der Waals surface area contributed by atoms with Gasteiger partial charge in [0.25, 0.3) is 12.3 Å². The molecule has 0 spiro atoms. The summed E-state index contributed by atoms with van der Waals surface area (Å²) in [7, 11) is 0. The number of nitrogens with one attached hydrogen (secondary N) is 1. The lowest BCUT2D eigenvalue weighted by Crippen LogP contribution is -2.39. The van der Waals surface area contributed by atoms with E-state index in [0.29, 0.717) is 19.1 Å². The van der Waals surface area contributed by atoms with E-state index in [2.05, 4.69) is 15.1 Å². The van der Waals surface area contributed by atoms with Crippen LogP contribution in [-0.4, -0.2) is 69.6 Å². The highest BCUT2D eigenvalue weighted by Crippen LogP contribution is 2.23. The van der Waals surface area contributed by atoms with E-state index < -0.39 is 6.43 Å². The molecule has 0 bridgehead atoms. The fraction of sp³-hybridized carbons (Fsp3) is 0.714. The van der Waals surface area contributed by atoms with Crippen LogP contribution in [0.25, 0.3) is 0 Å². The Bertz CT molecular complexity index is 519. The molecule has 2 aliphatic heterocycles. The molecule has 1 unspecified atom stereocenters. The van der Waals surface area contributed by atoms with E-state index in [4.69, 9.17) is 0 Å². The molecule has 22 heavy (non-hydrogen) atoms. The van der Waals surface area contributed by atoms with Gasteiger partial charge in [-0.05, 0) is 24.7 Å². The smallest absolute Gasteiger partial charge is 0.279 e. The number of hydrogen-bond acceptors (Lipinski definition) is 4. The van der Waals surface area contributed by atoms with Crippen molar-refractivity contribution in [1.82, 2.24) is 20.0 Å². The maximum Gasteiger partial charge on any atom is 0.279 e. The first-order valence-electron chi connectivity index (χ1n) is 7.59. The molecule has 1 amide bonds. The summed E-state index contributed by atoms with van der Waals surface area (Å²) in [6.07, 6.45) is -0.497. The fourth-order valence-corrected chi connectivity index (χ4v) is 4.29. The zero-order valence-electron chi connectivity index (χ0n) is 12.3. The van der Waals surface area contributed by atoms with Crippen LogP contribution in [0.1, 0.15) is 35.4 Å². The van der Waals surface area contributed by atoms with Crippen LogP contribution >= 0.6 is 11.8 Å². The monoisotopic (exact) mass is 330 g/mol. The first kappa shape index (κ1) is 15.7. The van der Waals surface area contributed by atoms with Gasteiger partial charge in [-0.25, -0.2) is 8.78 Å². The summed E-state index contributed by atoms with van der Waals surface area (Å²) < 4.78 is 25.1. The van der Waals surface area contributed by atoms with Crippen molar-refractivity contribution in [3.8, 4) is 0 Å². The van der Waals surface area contributed by atoms with Crippen molar-refractivity contribution >= 4 is 17.7 Å². The van der Waals surface area contributed by atoms with Gasteiger partial charge in [-0.1, -0.05) is 0 Å². The van der Waals surface area contributed by atoms with Gasteiger partial charge in [-0.3, -0.25) is 14.8 Å². The molecule has 1 aromatic rings. The fourth-order valence-electron chi connectivity index (χ4n) is 3.04. The molecule has 2 fully saturated rings. The second-order valence-corrected chi connectivity index (χ2v) is 6.86. The van der Waals surface area contributed by atoms with Crippen molar-refractivity contribution in [3.05, 3.63) is 17.5 Å². The van der Waals surface area contributed by atoms with E-state index in [1.165, 1.54) is 17.9 Å². The van der Waals surface area contributed by atoms with Gasteiger partial charge in [-0.2, -0.15) is 16.9 Å². The number of H-pyrrole nitrogens is 1. The lowest BCUT2D eigenvalue weighted by Gasteiger charge is -2.26. The van der Waals surface area contributed by atoms with Crippen LogP contribution in [0.4, 0.5) is 8.78 Å². The molecule has 0 aromatic carbocycles. The van der Waals surface area contributed by atoms with E-state index >= 15 is 0 Å². The Labute approximate surface area is 132 Å². The van der Waals surface area contributed by atoms with Crippen LogP contribution in [0.5, 0.6) is 0 Å². The van der Waals surface area contributed by atoms with Gasteiger partial charge < -0.3 is 4.90 Å². The van der Waals surface area contributed by atoms with Gasteiger partial charge in [0.15, 0.2) is 5.69 Å². The molecule has 2 saturated heterocycles. The molecule has 122 valence electrons. The van der Waals surface area contributed by atoms with Crippen LogP contribution in [-0.2, 0) is 0 Å². The summed E-state index contributed by atoms with van der Waals surface area (Å²) in [5.41, 5.74) is -0.219. The predicted octanol–water partition coefficient (Wildman–Crippen LogP) is 2.00. The molecule has 5 nitrogen and oxygen atoms in total. The van der Waals surface area contributed by atoms with Crippen LogP contribution in [0.15, 0.2) is 6.07 Å². The molecule has 2 aliphatic rings. The van der Waals surface area contributed by atoms with Crippen LogP contribution in [0.2, 0.25) is 0 Å². The lowest BCUT2D eigenvalue weighted by atomic mass is 10.2. The SMILES string of the molecule is O=C(c1cc(C(F)F)[nH]n1)N1CCCN(C2CCSC2)CC1. The van der Waals surface area contributed by atoms with Crippen molar-refractivity contribution in [3.63, 3.8) is 0 Å². The summed E-state index contributed by atoms with van der Waals surface area (Å²) in [4.78, 5) is 16.6. The van der Waals surface area contributed by atoms with Crippen molar-refractivity contribution in [2.24, 2.45) is 0 Å². The lowest BCUT2D eigenvalue weighted by molar-refractivity contribution is 0.0753. The Morgan fingerprint density at radius 3 is 2.91 bits per heavy atom. The highest BCUT2D eigenvalue weighted by Gasteiger charge is 2.27. The van der Waals surface area contributed by atoms with E-state index in [1.807, 2.05) is 11.8 Å². The van der Waals surface area contributed by atoms with E-state index in [0.717, 1.165) is 25.6 Å². The number of aromatic amines is 1. The van der Waals surface area contributed by atoms with Gasteiger partial charge >= 0.3 is 0 Å². The minimum absolute atomic E-state index is 0.0835. The number of carbonyl (C=O) groups is 1. The average molecular weight is 330 g/mol. The van der Waals surface area contributed by atoms with E-state index in [9.17, 15) is 13.6 Å². The molecule has 0 aliphatic carbocycles. The zero-order valence-corrected chi connectivity index (χ0v) is 13.1. The molecule has 8 heteroatoms. The third-order valence-electron chi connectivity index (χ3n) is 4.29. The molecule has 0 saturated carbocycles. The third-order valence-corrected chi connectivity index (χ3v) is 5.44. The Balaban J connectivity index is 1.60. The van der Waals surface area contributed by atoms with Crippen molar-refractivity contribution in [2.75, 3.05) is 37.7 Å². The Hall–Kier alpha value is -1.15. The molecule has 1 atom stereocenters. The van der Waals surface area contributed by atoms with Crippen LogP contribution in [0.3, 0.4) is 0 Å². The van der Waals surface area contributed by atoms with Gasteiger partial charge in [0, 0.05) is 38.0 Å². The van der Waals surface area contributed by atoms with Gasteiger partial charge in [0.05, 0.1) is 0 Å². The average Bonchev–Trinajstić information content (AvgIpc) is 3.14. The summed E-state index contributed by atoms with van der Waals surface area (Å²) in [5, 5.41) is 5.96. The topological polar surface area (TPSA) is 52.2 Å². The molecular formula is C14H20F2N4OS. The molecule has 1 aromatic heterocycles. The Morgan fingerprint density at radius 2 is 2.23 bits per heavy atom. The number of carbonyl (C=O) groups excluding carboxylic acids is 1. The predicted molar refractivity (Wildman–Crippen MR) is 81.4 cm³/mol. The third kappa shape index (κ3) is 3.43. The molecular weight excluding hydrogens is 310 g/mol. The van der Waals surface area contributed by atoms with Gasteiger partial charge in [-0.15, -0.1) is 0 Å². The van der Waals surface area contributed by atoms with Gasteiger partial charge in [0.2, 0.25) is 0 Å². The quantitative estimate of drug-likeness (QED) is 0.921. The number of nitrogens with zero attached hydrogens (tertiary/aromatic N) is 3. The minimum Gasteiger partial charge on any atom is -0.336 e. The molecule has 3 heterocycles. The summed E-state index contributed by atoms with van der Waals surface area (Å²) in [6.45, 7) is 3.14. The molecule has 1 N–H and O–H groups in total. The highest BCUT2D eigenvalue weighted by atomic mass is 32.2. The molecule has 0 radical (unpaired) electrons. The number of rotatable bonds is 3. The Morgan fingerprint density at radius 1 is 1.36 bits per heavy atom. The van der Waals surface area contributed by atoms with Gasteiger partial charge in [0.1, 0.15) is 5.69 Å². The summed E-state index contributed by atoms with van der Waals surface area (Å²) >= 11 is 1.98. The van der Waals surface area contributed by atoms with Crippen molar-refractivity contribution in [2.45, 2.75) is 25.3 Å². The zero-order chi connectivity index (χ0) is 15.5. The maximum atomic E-state index is 12.6. The van der Waals surface area contributed by atoms with Crippen LogP contribution < -0.4 is 0 Å². The number of halogens is 2. The number of thioether (sulfide) groups is 1. The number of amides is 1. The standard InChI is InChI=1S/C14H20F2N4OS/c15-13(16)11-8-12(18-17-11)14(21)20-4-1-3-19(5-6-20)10-2-7-22-9-10/h8,10,13H,1-7,9H2,(H,17,18). The van der Waals surface area contributed by atoms with E-state index in [1.54, 1.807) is 4.90 Å². The second kappa shape index (κ2) is 6.95. The maximum absolute atomic E-state index is 12.6.